The van der Waals surface area contributed by atoms with Crippen LogP contribution in [0.15, 0.2) is 46.9 Å². The van der Waals surface area contributed by atoms with E-state index in [4.69, 9.17) is 9.52 Å². The number of carboxylic acids is 2. The average Bonchev–Trinajstić information content (AvgIpc) is 2.85. The van der Waals surface area contributed by atoms with Gasteiger partial charge in [-0.1, -0.05) is 30.3 Å². The maximum atomic E-state index is 11.3. The molecule has 1 atom stereocenters. The molecule has 0 amide bonds. The van der Waals surface area contributed by atoms with E-state index in [0.717, 1.165) is 0 Å². The molecular weight excluding hydrogens is 248 g/mol. The van der Waals surface area contributed by atoms with E-state index < -0.39 is 17.9 Å². The first kappa shape index (κ1) is 12.9. The van der Waals surface area contributed by atoms with Crippen molar-refractivity contribution in [3.8, 4) is 0 Å². The number of carbonyl (C=O) groups is 2. The molecular formula is C14H12O5. The Morgan fingerprint density at radius 2 is 1.74 bits per heavy atom. The number of benzene rings is 1. The van der Waals surface area contributed by atoms with E-state index in [2.05, 4.69) is 0 Å². The van der Waals surface area contributed by atoms with Crippen LogP contribution in [0.25, 0.3) is 0 Å². The molecule has 0 aliphatic rings. The summed E-state index contributed by atoms with van der Waals surface area (Å²) in [5.74, 6) is -2.74. The second-order valence-corrected chi connectivity index (χ2v) is 4.08. The number of furan rings is 1. The molecule has 1 heterocycles. The van der Waals surface area contributed by atoms with Crippen LogP contribution in [0.1, 0.15) is 27.8 Å². The van der Waals surface area contributed by atoms with Crippen LogP contribution in [0.4, 0.5) is 0 Å². The minimum absolute atomic E-state index is 0.118. The summed E-state index contributed by atoms with van der Waals surface area (Å²) < 4.78 is 5.08. The number of carboxylic acid groups (broad SMARTS) is 2. The van der Waals surface area contributed by atoms with Gasteiger partial charge in [0.25, 0.3) is 0 Å². The Kier molecular flexibility index (Phi) is 3.66. The van der Waals surface area contributed by atoms with Crippen molar-refractivity contribution in [2.45, 2.75) is 12.3 Å². The Labute approximate surface area is 109 Å². The number of hydrogen-bond donors (Lipinski definition) is 2. The molecule has 0 spiro atoms. The van der Waals surface area contributed by atoms with E-state index in [1.54, 1.807) is 30.3 Å². The van der Waals surface area contributed by atoms with Crippen LogP contribution in [0.5, 0.6) is 0 Å². The second-order valence-electron chi connectivity index (χ2n) is 4.08. The minimum atomic E-state index is -1.17. The Balaban J connectivity index is 2.22. The van der Waals surface area contributed by atoms with Gasteiger partial charge in [-0.05, 0) is 17.7 Å². The fraction of sp³-hybridized carbons (Fsp3) is 0.143. The molecule has 0 aliphatic carbocycles. The molecule has 5 nitrogen and oxygen atoms in total. The lowest BCUT2D eigenvalue weighted by molar-refractivity contribution is -0.138. The predicted octanol–water partition coefficient (Wildman–Crippen LogP) is 2.39. The summed E-state index contributed by atoms with van der Waals surface area (Å²) in [6.45, 7) is 0. The van der Waals surface area contributed by atoms with E-state index in [9.17, 15) is 14.7 Å². The van der Waals surface area contributed by atoms with Crippen molar-refractivity contribution >= 4 is 11.9 Å². The van der Waals surface area contributed by atoms with Gasteiger partial charge in [0, 0.05) is 6.42 Å². The zero-order chi connectivity index (χ0) is 13.8. The first-order valence-corrected chi connectivity index (χ1v) is 5.67. The zero-order valence-electron chi connectivity index (χ0n) is 9.95. The maximum absolute atomic E-state index is 11.3. The van der Waals surface area contributed by atoms with Gasteiger partial charge in [0.05, 0.1) is 5.92 Å². The van der Waals surface area contributed by atoms with E-state index in [1.807, 2.05) is 0 Å². The van der Waals surface area contributed by atoms with Crippen molar-refractivity contribution < 1.29 is 24.2 Å². The van der Waals surface area contributed by atoms with Crippen LogP contribution < -0.4 is 0 Å². The first-order valence-electron chi connectivity index (χ1n) is 5.67. The molecule has 2 aromatic rings. The third kappa shape index (κ3) is 3.01. The summed E-state index contributed by atoms with van der Waals surface area (Å²) in [6, 6.07) is 11.6. The van der Waals surface area contributed by atoms with Crippen LogP contribution in [-0.2, 0) is 11.2 Å². The fourth-order valence-electron chi connectivity index (χ4n) is 1.84. The molecule has 2 rings (SSSR count). The molecule has 0 aliphatic heterocycles. The topological polar surface area (TPSA) is 87.7 Å². The van der Waals surface area contributed by atoms with Gasteiger partial charge in [0.15, 0.2) is 0 Å². The fourth-order valence-corrected chi connectivity index (χ4v) is 1.84. The Hall–Kier alpha value is -2.56. The monoisotopic (exact) mass is 260 g/mol. The van der Waals surface area contributed by atoms with E-state index in [-0.39, 0.29) is 12.2 Å². The highest BCUT2D eigenvalue weighted by Crippen LogP contribution is 2.22. The molecule has 0 saturated heterocycles. The zero-order valence-corrected chi connectivity index (χ0v) is 9.95. The molecule has 1 aromatic carbocycles. The van der Waals surface area contributed by atoms with Crippen molar-refractivity contribution in [1.82, 2.24) is 0 Å². The summed E-state index contributed by atoms with van der Waals surface area (Å²) in [6.07, 6.45) is 0.118. The third-order valence-electron chi connectivity index (χ3n) is 2.78. The number of rotatable bonds is 5. The van der Waals surface area contributed by atoms with Crippen LogP contribution in [0.2, 0.25) is 0 Å². The standard InChI is InChI=1S/C14H12O5/c15-13(16)11(9-4-2-1-3-5-9)8-10-6-7-12(19-10)14(17)18/h1-7,11H,8H2,(H,15,16)(H,17,18). The highest BCUT2D eigenvalue weighted by atomic mass is 16.4. The van der Waals surface area contributed by atoms with Crippen LogP contribution in [0.3, 0.4) is 0 Å². The second kappa shape index (κ2) is 5.39. The quantitative estimate of drug-likeness (QED) is 0.861. The lowest BCUT2D eigenvalue weighted by Gasteiger charge is -2.10. The van der Waals surface area contributed by atoms with Gasteiger partial charge >= 0.3 is 11.9 Å². The average molecular weight is 260 g/mol. The highest BCUT2D eigenvalue weighted by molar-refractivity contribution is 5.84. The summed E-state index contributed by atoms with van der Waals surface area (Å²) in [5.41, 5.74) is 0.656. The molecule has 5 heteroatoms. The van der Waals surface area contributed by atoms with Crippen molar-refractivity contribution in [3.63, 3.8) is 0 Å². The Bertz CT molecular complexity index is 585. The van der Waals surface area contributed by atoms with Gasteiger partial charge in [0.1, 0.15) is 5.76 Å². The van der Waals surface area contributed by atoms with Crippen molar-refractivity contribution in [2.24, 2.45) is 0 Å². The Morgan fingerprint density at radius 3 is 2.26 bits per heavy atom. The van der Waals surface area contributed by atoms with Crippen molar-refractivity contribution in [3.05, 3.63) is 59.5 Å². The smallest absolute Gasteiger partial charge is 0.371 e. The largest absolute Gasteiger partial charge is 0.481 e. The molecule has 19 heavy (non-hydrogen) atoms. The van der Waals surface area contributed by atoms with Crippen LogP contribution in [0, 0.1) is 0 Å². The molecule has 0 saturated carbocycles. The van der Waals surface area contributed by atoms with Crippen molar-refractivity contribution in [2.75, 3.05) is 0 Å². The van der Waals surface area contributed by atoms with E-state index >= 15 is 0 Å². The maximum Gasteiger partial charge on any atom is 0.371 e. The molecule has 0 bridgehead atoms. The van der Waals surface area contributed by atoms with Gasteiger partial charge in [-0.25, -0.2) is 4.79 Å². The Morgan fingerprint density at radius 1 is 1.05 bits per heavy atom. The molecule has 98 valence electrons. The summed E-state index contributed by atoms with van der Waals surface area (Å²) in [4.78, 5) is 22.0. The third-order valence-corrected chi connectivity index (χ3v) is 2.78. The van der Waals surface area contributed by atoms with Crippen LogP contribution in [-0.4, -0.2) is 22.2 Å². The van der Waals surface area contributed by atoms with Gasteiger partial charge < -0.3 is 14.6 Å². The predicted molar refractivity (Wildman–Crippen MR) is 66.2 cm³/mol. The molecule has 0 radical (unpaired) electrons. The summed E-state index contributed by atoms with van der Waals surface area (Å²) in [5, 5.41) is 18.0. The molecule has 1 unspecified atom stereocenters. The first-order chi connectivity index (χ1) is 9.08. The van der Waals surface area contributed by atoms with Gasteiger partial charge in [0.2, 0.25) is 5.76 Å². The van der Waals surface area contributed by atoms with Gasteiger partial charge in [-0.15, -0.1) is 0 Å². The summed E-state index contributed by atoms with van der Waals surface area (Å²) >= 11 is 0. The van der Waals surface area contributed by atoms with Crippen LogP contribution >= 0.6 is 0 Å². The molecule has 0 fully saturated rings. The SMILES string of the molecule is O=C(O)c1ccc(CC(C(=O)O)c2ccccc2)o1. The highest BCUT2D eigenvalue weighted by Gasteiger charge is 2.22. The van der Waals surface area contributed by atoms with Gasteiger partial charge in [-0.2, -0.15) is 0 Å². The lowest BCUT2D eigenvalue weighted by Crippen LogP contribution is -2.14. The number of aromatic carboxylic acids is 1. The lowest BCUT2D eigenvalue weighted by atomic mass is 9.95. The summed E-state index contributed by atoms with van der Waals surface area (Å²) in [7, 11) is 0. The van der Waals surface area contributed by atoms with Gasteiger partial charge in [-0.3, -0.25) is 4.79 Å². The number of hydrogen-bond acceptors (Lipinski definition) is 3. The van der Waals surface area contributed by atoms with Crippen molar-refractivity contribution in [1.29, 1.82) is 0 Å². The molecule has 2 N–H and O–H groups in total. The normalized spacial score (nSPS) is 12.0. The molecule has 1 aromatic heterocycles. The van der Waals surface area contributed by atoms with E-state index in [0.29, 0.717) is 11.3 Å². The van der Waals surface area contributed by atoms with E-state index in [1.165, 1.54) is 12.1 Å². The number of aliphatic carboxylic acids is 1. The minimum Gasteiger partial charge on any atom is -0.481 e.